The maximum absolute atomic E-state index is 7.39. The summed E-state index contributed by atoms with van der Waals surface area (Å²) in [7, 11) is -4.34. The van der Waals surface area contributed by atoms with Crippen molar-refractivity contribution < 1.29 is 22.4 Å². The van der Waals surface area contributed by atoms with Gasteiger partial charge in [0, 0.05) is 29.8 Å². The van der Waals surface area contributed by atoms with E-state index in [4.69, 9.17) is 33.9 Å². The first kappa shape index (κ1) is 12.1. The smallest absolute Gasteiger partial charge is 0.222 e. The first-order valence-corrected chi connectivity index (χ1v) is 7.92. The van der Waals surface area contributed by atoms with Crippen LogP contribution in [0, 0.1) is 6.92 Å². The SMILES string of the molecule is [2H]C([2H])([2H])Oc1cc(NCc2ccc3nc(N)nc(N)c3c2C)cc(OC([2H])([2H])[2H])c1OC. The summed E-state index contributed by atoms with van der Waals surface area (Å²) >= 11 is 0. The van der Waals surface area contributed by atoms with E-state index >= 15 is 0 Å². The van der Waals surface area contributed by atoms with E-state index in [1.165, 1.54) is 19.2 Å². The second-order valence-electron chi connectivity index (χ2n) is 5.77. The third-order valence-corrected chi connectivity index (χ3v) is 4.21. The van der Waals surface area contributed by atoms with Crippen molar-refractivity contribution >= 4 is 28.4 Å². The lowest BCUT2D eigenvalue weighted by Gasteiger charge is -2.16. The molecule has 0 radical (unpaired) electrons. The van der Waals surface area contributed by atoms with Crippen LogP contribution < -0.4 is 31.0 Å². The molecule has 8 heteroatoms. The highest BCUT2D eigenvalue weighted by molar-refractivity contribution is 5.92. The van der Waals surface area contributed by atoms with Crippen LogP contribution in [0.15, 0.2) is 24.3 Å². The number of rotatable bonds is 6. The van der Waals surface area contributed by atoms with Gasteiger partial charge >= 0.3 is 0 Å². The fourth-order valence-corrected chi connectivity index (χ4v) is 2.91. The standard InChI is InChI=1S/C19H23N5O3/c1-10-11(5-6-13-16(10)18(20)24-19(21)23-13)9-22-12-7-14(25-2)17(27-4)15(8-12)26-3/h5-8,22H,9H2,1-4H3,(H4,20,21,23,24)/i2D3,3D3. The van der Waals surface area contributed by atoms with Crippen molar-refractivity contribution in [3.8, 4) is 17.2 Å². The molecule has 3 rings (SSSR count). The highest BCUT2D eigenvalue weighted by Crippen LogP contribution is 2.40. The molecule has 0 amide bonds. The summed E-state index contributed by atoms with van der Waals surface area (Å²) in [5.74, 6) is -0.234. The molecule has 0 unspecified atom stereocenters. The molecular weight excluding hydrogens is 346 g/mol. The van der Waals surface area contributed by atoms with Gasteiger partial charge < -0.3 is 31.0 Å². The average molecular weight is 375 g/mol. The van der Waals surface area contributed by atoms with Crippen molar-refractivity contribution in [1.82, 2.24) is 9.97 Å². The summed E-state index contributed by atoms with van der Waals surface area (Å²) in [4.78, 5) is 8.18. The minimum absolute atomic E-state index is 0.0760. The van der Waals surface area contributed by atoms with E-state index in [1.54, 1.807) is 6.07 Å². The molecule has 0 fully saturated rings. The summed E-state index contributed by atoms with van der Waals surface area (Å²) in [6.07, 6.45) is 0. The minimum Gasteiger partial charge on any atom is -0.493 e. The Morgan fingerprint density at radius 2 is 1.78 bits per heavy atom. The van der Waals surface area contributed by atoms with Crippen LogP contribution in [0.1, 0.15) is 19.4 Å². The lowest BCUT2D eigenvalue weighted by atomic mass is 10.0. The average Bonchev–Trinajstić information content (AvgIpc) is 2.64. The van der Waals surface area contributed by atoms with Gasteiger partial charge in [0.1, 0.15) is 5.82 Å². The Morgan fingerprint density at radius 1 is 1.07 bits per heavy atom. The Balaban J connectivity index is 1.98. The number of hydrogen-bond donors (Lipinski definition) is 3. The van der Waals surface area contributed by atoms with Crippen LogP contribution in [0.5, 0.6) is 17.2 Å². The van der Waals surface area contributed by atoms with Crippen molar-refractivity contribution in [3.05, 3.63) is 35.4 Å². The number of hydrogen-bond acceptors (Lipinski definition) is 8. The molecule has 0 bridgehead atoms. The molecule has 0 atom stereocenters. The number of fused-ring (bicyclic) bond motifs is 1. The predicted octanol–water partition coefficient (Wildman–Crippen LogP) is 2.74. The van der Waals surface area contributed by atoms with Gasteiger partial charge in [0.2, 0.25) is 11.7 Å². The van der Waals surface area contributed by atoms with E-state index in [9.17, 15) is 0 Å². The predicted molar refractivity (Wildman–Crippen MR) is 107 cm³/mol. The molecule has 0 aliphatic rings. The molecule has 5 N–H and O–H groups in total. The molecule has 1 aromatic heterocycles. The summed E-state index contributed by atoms with van der Waals surface area (Å²) in [6, 6.07) is 6.35. The van der Waals surface area contributed by atoms with Gasteiger partial charge in [-0.3, -0.25) is 0 Å². The zero-order chi connectivity index (χ0) is 24.6. The number of anilines is 3. The number of benzene rings is 2. The summed E-state index contributed by atoms with van der Waals surface area (Å²) in [5.41, 5.74) is 14.3. The summed E-state index contributed by atoms with van der Waals surface area (Å²) in [5, 5.41) is 3.77. The van der Waals surface area contributed by atoms with Gasteiger partial charge in [-0.1, -0.05) is 6.07 Å². The lowest BCUT2D eigenvalue weighted by Crippen LogP contribution is -2.06. The van der Waals surface area contributed by atoms with Gasteiger partial charge in [-0.15, -0.1) is 0 Å². The van der Waals surface area contributed by atoms with E-state index in [-0.39, 0.29) is 35.6 Å². The minimum atomic E-state index is -2.79. The topological polar surface area (TPSA) is 118 Å². The number of nitrogens with zero attached hydrogens (tertiary/aromatic N) is 2. The van der Waals surface area contributed by atoms with Gasteiger partial charge in [-0.05, 0) is 24.1 Å². The van der Waals surface area contributed by atoms with Crippen LogP contribution in [0.3, 0.4) is 0 Å². The molecule has 0 aliphatic heterocycles. The third-order valence-electron chi connectivity index (χ3n) is 4.21. The number of aryl methyl sites for hydroxylation is 1. The van der Waals surface area contributed by atoms with Gasteiger partial charge in [-0.2, -0.15) is 4.98 Å². The maximum Gasteiger partial charge on any atom is 0.222 e. The van der Waals surface area contributed by atoms with Crippen LogP contribution in [0.2, 0.25) is 0 Å². The maximum atomic E-state index is 7.39. The molecule has 27 heavy (non-hydrogen) atoms. The van der Waals surface area contributed by atoms with Crippen LogP contribution in [0.4, 0.5) is 17.5 Å². The van der Waals surface area contributed by atoms with Crippen LogP contribution in [-0.4, -0.2) is 31.2 Å². The summed E-state index contributed by atoms with van der Waals surface area (Å²) in [6.45, 7) is 2.13. The van der Waals surface area contributed by atoms with Crippen molar-refractivity contribution in [2.45, 2.75) is 13.5 Å². The number of nitrogens with two attached hydrogens (primary N) is 2. The Morgan fingerprint density at radius 3 is 2.41 bits per heavy atom. The third kappa shape index (κ3) is 3.46. The number of ether oxygens (including phenoxy) is 3. The lowest BCUT2D eigenvalue weighted by molar-refractivity contribution is 0.324. The van der Waals surface area contributed by atoms with Crippen LogP contribution in [0.25, 0.3) is 10.9 Å². The Kier molecular flexibility index (Phi) is 3.32. The van der Waals surface area contributed by atoms with Gasteiger partial charge in [-0.25, -0.2) is 4.98 Å². The monoisotopic (exact) mass is 375 g/mol. The quantitative estimate of drug-likeness (QED) is 0.602. The molecule has 2 aromatic carbocycles. The number of nitrogen functional groups attached to an aromatic ring is 2. The van der Waals surface area contributed by atoms with Crippen molar-refractivity contribution in [1.29, 1.82) is 0 Å². The first-order chi connectivity index (χ1) is 15.3. The molecule has 0 saturated carbocycles. The molecule has 3 aromatic rings. The zero-order valence-corrected chi connectivity index (χ0v) is 14.8. The molecule has 0 saturated heterocycles. The molecule has 0 spiro atoms. The second-order valence-corrected chi connectivity index (χ2v) is 5.77. The van der Waals surface area contributed by atoms with E-state index in [0.717, 1.165) is 11.1 Å². The molecule has 142 valence electrons. The number of methoxy groups -OCH3 is 3. The Bertz CT molecular complexity index is 1150. The normalized spacial score (nSPS) is 14.9. The zero-order valence-electron chi connectivity index (χ0n) is 20.8. The fraction of sp³-hybridized carbons (Fsp3) is 0.263. The second kappa shape index (κ2) is 7.45. The highest BCUT2D eigenvalue weighted by Gasteiger charge is 2.14. The largest absolute Gasteiger partial charge is 0.493 e. The van der Waals surface area contributed by atoms with Gasteiger partial charge in [0.25, 0.3) is 0 Å². The summed E-state index contributed by atoms with van der Waals surface area (Å²) < 4.78 is 59.5. The molecule has 8 nitrogen and oxygen atoms in total. The molecule has 0 aliphatic carbocycles. The van der Waals surface area contributed by atoms with E-state index in [1.807, 2.05) is 13.0 Å². The van der Waals surface area contributed by atoms with Gasteiger partial charge in [0.15, 0.2) is 11.5 Å². The van der Waals surface area contributed by atoms with E-state index in [2.05, 4.69) is 15.3 Å². The first-order valence-electron chi connectivity index (χ1n) is 10.9. The van der Waals surface area contributed by atoms with Crippen molar-refractivity contribution in [3.63, 3.8) is 0 Å². The fourth-order valence-electron chi connectivity index (χ4n) is 2.91. The number of nitrogens with one attached hydrogen (secondary N) is 1. The van der Waals surface area contributed by atoms with E-state index in [0.29, 0.717) is 16.6 Å². The highest BCUT2D eigenvalue weighted by atomic mass is 16.5. The van der Waals surface area contributed by atoms with E-state index < -0.39 is 14.1 Å². The Labute approximate surface area is 165 Å². The molecule has 1 heterocycles. The van der Waals surface area contributed by atoms with Crippen molar-refractivity contribution in [2.24, 2.45) is 0 Å². The van der Waals surface area contributed by atoms with Crippen molar-refractivity contribution in [2.75, 3.05) is 38.0 Å². The number of aromatic nitrogens is 2. The van der Waals surface area contributed by atoms with Crippen LogP contribution in [-0.2, 0) is 6.54 Å². The van der Waals surface area contributed by atoms with Gasteiger partial charge in [0.05, 0.1) is 34.9 Å². The Hall–Kier alpha value is -3.42. The molecular formula is C19H23N5O3. The van der Waals surface area contributed by atoms with Crippen LogP contribution >= 0.6 is 0 Å².